The Bertz CT molecular complexity index is 592. The van der Waals surface area contributed by atoms with E-state index >= 15 is 0 Å². The zero-order valence-electron chi connectivity index (χ0n) is 11.0. The van der Waals surface area contributed by atoms with Gasteiger partial charge in [-0.15, -0.1) is 0 Å². The number of hydrogen-bond acceptors (Lipinski definition) is 4. The minimum Gasteiger partial charge on any atom is -0.481 e. The van der Waals surface area contributed by atoms with Crippen molar-refractivity contribution in [2.75, 3.05) is 5.73 Å². The Morgan fingerprint density at radius 3 is 2.45 bits per heavy atom. The van der Waals surface area contributed by atoms with Crippen LogP contribution >= 0.6 is 0 Å². The number of carboxylic acid groups (broad SMARTS) is 1. The number of carboxylic acids is 1. The number of nitrogen functional groups attached to an aromatic ring is 1. The Kier molecular flexibility index (Phi) is 4.29. The summed E-state index contributed by atoms with van der Waals surface area (Å²) < 4.78 is 27.0. The fourth-order valence-corrected chi connectivity index (χ4v) is 3.79. The van der Waals surface area contributed by atoms with E-state index in [1.807, 2.05) is 0 Å². The standard InChI is InChI=1S/C13H18N2O4S/c14-10-2-1-3-12(8-10)20(18,19)15-11-6-4-9(5-7-11)13(16)17/h1-3,8-9,11,15H,4-7,14H2,(H,16,17). The van der Waals surface area contributed by atoms with Gasteiger partial charge in [0.05, 0.1) is 10.8 Å². The molecule has 0 saturated heterocycles. The number of carbonyl (C=O) groups is 1. The summed E-state index contributed by atoms with van der Waals surface area (Å²) in [7, 11) is -3.60. The van der Waals surface area contributed by atoms with E-state index in [-0.39, 0.29) is 16.9 Å². The molecule has 0 spiro atoms. The molecule has 110 valence electrons. The third-order valence-electron chi connectivity index (χ3n) is 3.57. The van der Waals surface area contributed by atoms with Gasteiger partial charge in [0.2, 0.25) is 10.0 Å². The van der Waals surface area contributed by atoms with Crippen molar-refractivity contribution >= 4 is 21.7 Å². The highest BCUT2D eigenvalue weighted by atomic mass is 32.2. The van der Waals surface area contributed by atoms with E-state index in [9.17, 15) is 13.2 Å². The Morgan fingerprint density at radius 2 is 1.90 bits per heavy atom. The molecule has 0 atom stereocenters. The van der Waals surface area contributed by atoms with Crippen molar-refractivity contribution in [2.24, 2.45) is 5.92 Å². The largest absolute Gasteiger partial charge is 0.481 e. The van der Waals surface area contributed by atoms with Gasteiger partial charge in [-0.3, -0.25) is 4.79 Å². The average molecular weight is 298 g/mol. The van der Waals surface area contributed by atoms with Crippen LogP contribution < -0.4 is 10.5 Å². The number of nitrogens with one attached hydrogen (secondary N) is 1. The average Bonchev–Trinajstić information content (AvgIpc) is 2.39. The maximum Gasteiger partial charge on any atom is 0.306 e. The summed E-state index contributed by atoms with van der Waals surface area (Å²) in [6, 6.07) is 5.90. The molecule has 20 heavy (non-hydrogen) atoms. The molecule has 0 aliphatic heterocycles. The summed E-state index contributed by atoms with van der Waals surface area (Å²) in [5.74, 6) is -1.16. The van der Waals surface area contributed by atoms with Crippen LogP contribution in [0.15, 0.2) is 29.2 Å². The smallest absolute Gasteiger partial charge is 0.306 e. The van der Waals surface area contributed by atoms with Gasteiger partial charge in [-0.25, -0.2) is 13.1 Å². The number of sulfonamides is 1. The van der Waals surface area contributed by atoms with E-state index < -0.39 is 16.0 Å². The van der Waals surface area contributed by atoms with Crippen molar-refractivity contribution < 1.29 is 18.3 Å². The van der Waals surface area contributed by atoms with Gasteiger partial charge in [0.1, 0.15) is 0 Å². The van der Waals surface area contributed by atoms with E-state index in [1.54, 1.807) is 12.1 Å². The summed E-state index contributed by atoms with van der Waals surface area (Å²) in [5.41, 5.74) is 5.97. The van der Waals surface area contributed by atoms with E-state index in [0.29, 0.717) is 31.4 Å². The van der Waals surface area contributed by atoms with Crippen LogP contribution in [-0.4, -0.2) is 25.5 Å². The molecular formula is C13H18N2O4S. The Balaban J connectivity index is 2.02. The molecule has 0 unspecified atom stereocenters. The van der Waals surface area contributed by atoms with Gasteiger partial charge in [0, 0.05) is 11.7 Å². The van der Waals surface area contributed by atoms with Gasteiger partial charge in [-0.05, 0) is 43.9 Å². The van der Waals surface area contributed by atoms with E-state index in [4.69, 9.17) is 10.8 Å². The van der Waals surface area contributed by atoms with Gasteiger partial charge in [0.15, 0.2) is 0 Å². The minimum atomic E-state index is -3.60. The molecule has 1 aliphatic carbocycles. The fraction of sp³-hybridized carbons (Fsp3) is 0.462. The number of benzene rings is 1. The number of aliphatic carboxylic acids is 1. The summed E-state index contributed by atoms with van der Waals surface area (Å²) in [5, 5.41) is 8.91. The lowest BCUT2D eigenvalue weighted by atomic mass is 9.87. The second-order valence-corrected chi connectivity index (χ2v) is 6.79. The molecule has 1 aliphatic rings. The highest BCUT2D eigenvalue weighted by Gasteiger charge is 2.28. The topological polar surface area (TPSA) is 109 Å². The number of anilines is 1. The zero-order valence-corrected chi connectivity index (χ0v) is 11.8. The molecule has 1 fully saturated rings. The fourth-order valence-electron chi connectivity index (χ4n) is 2.43. The molecule has 1 aromatic rings. The molecule has 0 radical (unpaired) electrons. The number of rotatable bonds is 4. The van der Waals surface area contributed by atoms with Crippen LogP contribution in [0.5, 0.6) is 0 Å². The molecule has 4 N–H and O–H groups in total. The Morgan fingerprint density at radius 1 is 1.25 bits per heavy atom. The minimum absolute atomic E-state index is 0.137. The Labute approximate surface area is 118 Å². The maximum atomic E-state index is 12.2. The van der Waals surface area contributed by atoms with Crippen LogP contribution in [0.25, 0.3) is 0 Å². The van der Waals surface area contributed by atoms with Crippen molar-refractivity contribution in [3.63, 3.8) is 0 Å². The van der Waals surface area contributed by atoms with Crippen LogP contribution in [0.4, 0.5) is 5.69 Å². The van der Waals surface area contributed by atoms with E-state index in [0.717, 1.165) is 0 Å². The molecule has 1 saturated carbocycles. The highest BCUT2D eigenvalue weighted by molar-refractivity contribution is 7.89. The van der Waals surface area contributed by atoms with E-state index in [2.05, 4.69) is 4.72 Å². The molecule has 1 aromatic carbocycles. The third-order valence-corrected chi connectivity index (χ3v) is 5.08. The lowest BCUT2D eigenvalue weighted by molar-refractivity contribution is -0.142. The van der Waals surface area contributed by atoms with Crippen molar-refractivity contribution in [3.05, 3.63) is 24.3 Å². The lowest BCUT2D eigenvalue weighted by Crippen LogP contribution is -2.38. The first kappa shape index (κ1) is 14.8. The summed E-state index contributed by atoms with van der Waals surface area (Å²) in [6.07, 6.45) is 2.08. The maximum absolute atomic E-state index is 12.2. The summed E-state index contributed by atoms with van der Waals surface area (Å²) in [6.45, 7) is 0. The molecule has 2 rings (SSSR count). The molecule has 6 nitrogen and oxygen atoms in total. The molecule has 7 heteroatoms. The van der Waals surface area contributed by atoms with E-state index in [1.165, 1.54) is 12.1 Å². The van der Waals surface area contributed by atoms with Gasteiger partial charge in [-0.1, -0.05) is 6.07 Å². The van der Waals surface area contributed by atoms with Crippen molar-refractivity contribution in [1.82, 2.24) is 4.72 Å². The van der Waals surface area contributed by atoms with Crippen LogP contribution in [0, 0.1) is 5.92 Å². The molecule has 0 aromatic heterocycles. The van der Waals surface area contributed by atoms with Crippen molar-refractivity contribution in [2.45, 2.75) is 36.6 Å². The molecular weight excluding hydrogens is 280 g/mol. The number of nitrogens with two attached hydrogens (primary N) is 1. The second kappa shape index (κ2) is 5.80. The predicted molar refractivity (Wildman–Crippen MR) is 74.6 cm³/mol. The quantitative estimate of drug-likeness (QED) is 0.723. The van der Waals surface area contributed by atoms with Crippen molar-refractivity contribution in [1.29, 1.82) is 0 Å². The Hall–Kier alpha value is -1.60. The first-order valence-corrected chi connectivity index (χ1v) is 7.97. The summed E-state index contributed by atoms with van der Waals surface area (Å²) in [4.78, 5) is 11.0. The highest BCUT2D eigenvalue weighted by Crippen LogP contribution is 2.25. The normalized spacial score (nSPS) is 23.4. The van der Waals surface area contributed by atoms with Gasteiger partial charge >= 0.3 is 5.97 Å². The van der Waals surface area contributed by atoms with Gasteiger partial charge in [0.25, 0.3) is 0 Å². The second-order valence-electron chi connectivity index (χ2n) is 5.08. The van der Waals surface area contributed by atoms with Crippen LogP contribution in [0.2, 0.25) is 0 Å². The molecule has 0 heterocycles. The first-order valence-electron chi connectivity index (χ1n) is 6.49. The van der Waals surface area contributed by atoms with Crippen LogP contribution in [0.3, 0.4) is 0 Å². The van der Waals surface area contributed by atoms with Crippen LogP contribution in [-0.2, 0) is 14.8 Å². The third kappa shape index (κ3) is 3.49. The zero-order chi connectivity index (χ0) is 14.8. The monoisotopic (exact) mass is 298 g/mol. The summed E-state index contributed by atoms with van der Waals surface area (Å²) >= 11 is 0. The van der Waals surface area contributed by atoms with Gasteiger partial charge in [-0.2, -0.15) is 0 Å². The predicted octanol–water partition coefficient (Wildman–Crippen LogP) is 1.19. The SMILES string of the molecule is Nc1cccc(S(=O)(=O)NC2CCC(C(=O)O)CC2)c1. The van der Waals surface area contributed by atoms with Gasteiger partial charge < -0.3 is 10.8 Å². The first-order chi connectivity index (χ1) is 9.38. The van der Waals surface area contributed by atoms with Crippen molar-refractivity contribution in [3.8, 4) is 0 Å². The van der Waals surface area contributed by atoms with Crippen LogP contribution in [0.1, 0.15) is 25.7 Å². The molecule has 0 bridgehead atoms. The lowest BCUT2D eigenvalue weighted by Gasteiger charge is -2.26. The molecule has 0 amide bonds. The number of hydrogen-bond donors (Lipinski definition) is 3.